The minimum Gasteiger partial charge on any atom is -0.548 e. The van der Waals surface area contributed by atoms with E-state index in [1.54, 1.807) is 18.2 Å². The molecule has 0 aliphatic carbocycles. The molecule has 6 heteroatoms. The Morgan fingerprint density at radius 3 is 2.47 bits per heavy atom. The Kier molecular flexibility index (Phi) is 2.92. The maximum absolute atomic E-state index is 11.5. The van der Waals surface area contributed by atoms with Gasteiger partial charge < -0.3 is 9.90 Å². The minimum absolute atomic E-state index is 0.0909. The van der Waals surface area contributed by atoms with E-state index >= 15 is 0 Å². The van der Waals surface area contributed by atoms with Crippen LogP contribution in [0.5, 0.6) is 0 Å². The van der Waals surface area contributed by atoms with Gasteiger partial charge in [-0.25, -0.2) is 8.42 Å². The number of carbonyl (C=O) groups is 1. The highest BCUT2D eigenvalue weighted by atomic mass is 32.2. The second-order valence-corrected chi connectivity index (χ2v) is 6.05. The van der Waals surface area contributed by atoms with Crippen LogP contribution in [0.25, 0.3) is 0 Å². The first-order valence-electron chi connectivity index (χ1n) is 5.14. The third kappa shape index (κ3) is 2.32. The Bertz CT molecular complexity index is 552. The van der Waals surface area contributed by atoms with Crippen LogP contribution in [0.3, 0.4) is 0 Å². The first-order chi connectivity index (χ1) is 7.89. The van der Waals surface area contributed by atoms with E-state index in [9.17, 15) is 18.3 Å². The summed E-state index contributed by atoms with van der Waals surface area (Å²) in [5.74, 6) is -1.36. The van der Waals surface area contributed by atoms with E-state index in [1.165, 1.54) is 0 Å². The highest BCUT2D eigenvalue weighted by Gasteiger charge is 2.32. The standard InChI is InChI=1S/C11H13NO4S/c1-17(15,16)12-7-9-5-3-2-4-8(9)6-10(12)11(13)14/h2-5,10H,6-7H2,1H3,(H,13,14)/p-1/t10-/m0/s1. The fourth-order valence-electron chi connectivity index (χ4n) is 2.05. The number of carboxylic acids is 1. The monoisotopic (exact) mass is 254 g/mol. The predicted octanol–water partition coefficient (Wildman–Crippen LogP) is -0.877. The third-order valence-corrected chi connectivity index (χ3v) is 4.14. The van der Waals surface area contributed by atoms with Crippen molar-refractivity contribution in [2.75, 3.05) is 6.26 Å². The second kappa shape index (κ2) is 4.12. The molecule has 92 valence electrons. The van der Waals surface area contributed by atoms with E-state index in [-0.39, 0.29) is 13.0 Å². The average molecular weight is 254 g/mol. The number of fused-ring (bicyclic) bond motifs is 1. The highest BCUT2D eigenvalue weighted by Crippen LogP contribution is 2.24. The van der Waals surface area contributed by atoms with Gasteiger partial charge in [-0.2, -0.15) is 4.31 Å². The largest absolute Gasteiger partial charge is 0.548 e. The van der Waals surface area contributed by atoms with E-state index in [1.807, 2.05) is 6.07 Å². The molecule has 1 aromatic carbocycles. The van der Waals surface area contributed by atoms with Crippen LogP contribution in [-0.2, 0) is 27.8 Å². The Morgan fingerprint density at radius 1 is 1.35 bits per heavy atom. The fraction of sp³-hybridized carbons (Fsp3) is 0.364. The van der Waals surface area contributed by atoms with Crippen molar-refractivity contribution in [1.29, 1.82) is 0 Å². The summed E-state index contributed by atoms with van der Waals surface area (Å²) >= 11 is 0. The van der Waals surface area contributed by atoms with Crippen molar-refractivity contribution in [2.24, 2.45) is 0 Å². The molecule has 1 aliphatic rings. The van der Waals surface area contributed by atoms with Gasteiger partial charge in [0.25, 0.3) is 0 Å². The molecule has 1 aromatic rings. The number of benzene rings is 1. The summed E-state index contributed by atoms with van der Waals surface area (Å²) in [5, 5.41) is 11.0. The minimum atomic E-state index is -3.55. The van der Waals surface area contributed by atoms with Crippen LogP contribution in [0.2, 0.25) is 0 Å². The molecule has 0 bridgehead atoms. The van der Waals surface area contributed by atoms with Crippen molar-refractivity contribution in [2.45, 2.75) is 19.0 Å². The molecule has 2 rings (SSSR count). The maximum Gasteiger partial charge on any atom is 0.212 e. The van der Waals surface area contributed by atoms with Gasteiger partial charge in [0.15, 0.2) is 0 Å². The molecule has 0 saturated heterocycles. The predicted molar refractivity (Wildman–Crippen MR) is 59.3 cm³/mol. The van der Waals surface area contributed by atoms with Crippen LogP contribution in [-0.4, -0.2) is 31.0 Å². The van der Waals surface area contributed by atoms with Crippen molar-refractivity contribution in [3.8, 4) is 0 Å². The molecule has 1 atom stereocenters. The average Bonchev–Trinajstić information content (AvgIpc) is 2.26. The van der Waals surface area contributed by atoms with Crippen LogP contribution in [0, 0.1) is 0 Å². The highest BCUT2D eigenvalue weighted by molar-refractivity contribution is 7.88. The molecule has 0 radical (unpaired) electrons. The summed E-state index contributed by atoms with van der Waals surface area (Å²) in [4.78, 5) is 11.0. The topological polar surface area (TPSA) is 77.5 Å². The summed E-state index contributed by atoms with van der Waals surface area (Å²) in [7, 11) is -3.55. The summed E-state index contributed by atoms with van der Waals surface area (Å²) in [6.45, 7) is 0.0909. The van der Waals surface area contributed by atoms with Crippen LogP contribution in [0.4, 0.5) is 0 Å². The maximum atomic E-state index is 11.5. The molecule has 0 aromatic heterocycles. The lowest BCUT2D eigenvalue weighted by Gasteiger charge is -2.35. The molecule has 1 aliphatic heterocycles. The summed E-state index contributed by atoms with van der Waals surface area (Å²) in [5.41, 5.74) is 1.71. The molecular formula is C11H12NO4S-. The third-order valence-electron chi connectivity index (χ3n) is 2.90. The van der Waals surface area contributed by atoms with Gasteiger partial charge in [-0.15, -0.1) is 0 Å². The molecule has 0 spiro atoms. The van der Waals surface area contributed by atoms with Crippen molar-refractivity contribution >= 4 is 16.0 Å². The summed E-state index contributed by atoms with van der Waals surface area (Å²) in [6, 6.07) is 6.11. The zero-order valence-corrected chi connectivity index (χ0v) is 10.1. The van der Waals surface area contributed by atoms with Crippen molar-refractivity contribution in [1.82, 2.24) is 4.31 Å². The van der Waals surface area contributed by atoms with Gasteiger partial charge in [0.2, 0.25) is 10.0 Å². The van der Waals surface area contributed by atoms with E-state index in [0.29, 0.717) is 0 Å². The second-order valence-electron chi connectivity index (χ2n) is 4.12. The van der Waals surface area contributed by atoms with Crippen molar-refractivity contribution < 1.29 is 18.3 Å². The van der Waals surface area contributed by atoms with Gasteiger partial charge in [0.1, 0.15) is 0 Å². The van der Waals surface area contributed by atoms with Gasteiger partial charge in [-0.1, -0.05) is 24.3 Å². The molecule has 5 nitrogen and oxygen atoms in total. The quantitative estimate of drug-likeness (QED) is 0.687. The first-order valence-corrected chi connectivity index (χ1v) is 6.99. The molecule has 1 heterocycles. The van der Waals surface area contributed by atoms with Gasteiger partial charge >= 0.3 is 0 Å². The summed E-state index contributed by atoms with van der Waals surface area (Å²) < 4.78 is 24.1. The van der Waals surface area contributed by atoms with Gasteiger partial charge in [-0.05, 0) is 17.5 Å². The lowest BCUT2D eigenvalue weighted by Crippen LogP contribution is -2.53. The van der Waals surface area contributed by atoms with E-state index in [0.717, 1.165) is 21.7 Å². The Morgan fingerprint density at radius 2 is 1.94 bits per heavy atom. The van der Waals surface area contributed by atoms with E-state index in [2.05, 4.69) is 0 Å². The molecule has 0 N–H and O–H groups in total. The number of sulfonamides is 1. The van der Waals surface area contributed by atoms with Crippen LogP contribution >= 0.6 is 0 Å². The first kappa shape index (κ1) is 12.1. The molecule has 0 saturated carbocycles. The van der Waals surface area contributed by atoms with Gasteiger partial charge in [-0.3, -0.25) is 0 Å². The van der Waals surface area contributed by atoms with Crippen LogP contribution < -0.4 is 5.11 Å². The van der Waals surface area contributed by atoms with Gasteiger partial charge in [0, 0.05) is 6.54 Å². The number of hydrogen-bond acceptors (Lipinski definition) is 4. The number of hydrogen-bond donors (Lipinski definition) is 0. The Hall–Kier alpha value is -1.40. The van der Waals surface area contributed by atoms with Crippen molar-refractivity contribution in [3.63, 3.8) is 0 Å². The lowest BCUT2D eigenvalue weighted by atomic mass is 9.96. The number of rotatable bonds is 2. The Labute approximate surface area is 99.7 Å². The number of nitrogens with zero attached hydrogens (tertiary/aromatic N) is 1. The van der Waals surface area contributed by atoms with Gasteiger partial charge in [0.05, 0.1) is 18.3 Å². The zero-order chi connectivity index (χ0) is 12.6. The Balaban J connectivity index is 2.45. The number of carbonyl (C=O) groups excluding carboxylic acids is 1. The molecule has 0 unspecified atom stereocenters. The fourth-order valence-corrected chi connectivity index (χ4v) is 3.04. The molecule has 0 amide bonds. The van der Waals surface area contributed by atoms with Crippen LogP contribution in [0.15, 0.2) is 24.3 Å². The van der Waals surface area contributed by atoms with Crippen LogP contribution in [0.1, 0.15) is 11.1 Å². The zero-order valence-electron chi connectivity index (χ0n) is 9.29. The lowest BCUT2D eigenvalue weighted by molar-refractivity contribution is -0.310. The molecule has 0 fully saturated rings. The normalized spacial score (nSPS) is 20.9. The number of aliphatic carboxylic acids is 1. The van der Waals surface area contributed by atoms with E-state index < -0.39 is 22.0 Å². The smallest absolute Gasteiger partial charge is 0.212 e. The summed E-state index contributed by atoms with van der Waals surface area (Å²) in [6.07, 6.45) is 1.17. The van der Waals surface area contributed by atoms with Crippen molar-refractivity contribution in [3.05, 3.63) is 35.4 Å². The SMILES string of the molecule is CS(=O)(=O)N1Cc2ccccc2C[C@H]1C(=O)[O-]. The van der Waals surface area contributed by atoms with E-state index in [4.69, 9.17) is 0 Å². The number of carboxylic acid groups (broad SMARTS) is 1. The molecular weight excluding hydrogens is 242 g/mol. The molecule has 17 heavy (non-hydrogen) atoms.